The highest BCUT2D eigenvalue weighted by Gasteiger charge is 2.34. The molecule has 0 heterocycles. The zero-order valence-electron chi connectivity index (χ0n) is 58.9. The van der Waals surface area contributed by atoms with Gasteiger partial charge < -0.3 is 40.8 Å². The van der Waals surface area contributed by atoms with Crippen LogP contribution in [0.2, 0.25) is 0 Å². The molecule has 0 aromatic heterocycles. The molecular weight excluding hydrogens is 1230 g/mol. The van der Waals surface area contributed by atoms with Crippen LogP contribution in [0.1, 0.15) is 256 Å². The normalized spacial score (nSPS) is 13.8. The van der Waals surface area contributed by atoms with Crippen molar-refractivity contribution in [2.24, 2.45) is 23.7 Å². The lowest BCUT2D eigenvalue weighted by Crippen LogP contribution is -2.53. The van der Waals surface area contributed by atoms with Gasteiger partial charge in [-0.05, 0) is 72.1 Å². The summed E-state index contributed by atoms with van der Waals surface area (Å²) in [5.74, 6) is -11.3. The Morgan fingerprint density at radius 3 is 1.19 bits per heavy atom. The summed E-state index contributed by atoms with van der Waals surface area (Å²) in [7, 11) is 0. The molecule has 25 heteroatoms. The molecule has 5 amide bonds. The average Bonchev–Trinajstić information content (AvgIpc) is 1.56. The van der Waals surface area contributed by atoms with Crippen molar-refractivity contribution in [3.8, 4) is 0 Å². The number of hydrogen-bond acceptors (Lipinski definition) is 20. The highest BCUT2D eigenvalue weighted by atomic mass is 16.6. The number of Topliss-reactive ketones (excluding diaryl/α,β-unsaturated/α-hetero) is 11. The fourth-order valence-corrected chi connectivity index (χ4v) is 10.0. The first-order valence-electron chi connectivity index (χ1n) is 34.4. The van der Waals surface area contributed by atoms with E-state index in [-0.39, 0.29) is 208 Å². The molecule has 0 spiro atoms. The second-order valence-corrected chi connectivity index (χ2v) is 25.2. The molecule has 8 atom stereocenters. The predicted molar refractivity (Wildman–Crippen MR) is 353 cm³/mol. The highest BCUT2D eigenvalue weighted by molar-refractivity contribution is 5.97. The van der Waals surface area contributed by atoms with E-state index in [2.05, 4.69) is 26.6 Å². The van der Waals surface area contributed by atoms with Crippen molar-refractivity contribution in [2.45, 2.75) is 286 Å². The van der Waals surface area contributed by atoms with Crippen LogP contribution in [-0.2, 0) is 95.7 Å². The summed E-state index contributed by atoms with van der Waals surface area (Å²) in [5.41, 5.74) is -0.668. The average molecular weight is 1340 g/mol. The van der Waals surface area contributed by atoms with Crippen molar-refractivity contribution in [3.63, 3.8) is 0 Å². The Hall–Kier alpha value is -6.89. The number of amides is 5. The van der Waals surface area contributed by atoms with Gasteiger partial charge in [-0.3, -0.25) is 81.5 Å². The molecular formula is C70H113N5O20. The van der Waals surface area contributed by atoms with Gasteiger partial charge in [0.1, 0.15) is 58.7 Å². The third kappa shape index (κ3) is 40.3. The Morgan fingerprint density at radius 1 is 0.337 bits per heavy atom. The van der Waals surface area contributed by atoms with Gasteiger partial charge in [0.25, 0.3) is 0 Å². The third-order valence-electron chi connectivity index (χ3n) is 16.3. The van der Waals surface area contributed by atoms with Crippen LogP contribution >= 0.6 is 0 Å². The predicted octanol–water partition coefficient (Wildman–Crippen LogP) is 6.85. The van der Waals surface area contributed by atoms with Crippen LogP contribution < -0.4 is 26.6 Å². The van der Waals surface area contributed by atoms with Crippen LogP contribution in [0.25, 0.3) is 0 Å². The first-order valence-corrected chi connectivity index (χ1v) is 34.4. The summed E-state index contributed by atoms with van der Waals surface area (Å²) in [4.78, 5) is 225. The van der Waals surface area contributed by atoms with Crippen molar-refractivity contribution >= 4 is 99.1 Å². The summed E-state index contributed by atoms with van der Waals surface area (Å²) >= 11 is 0. The van der Waals surface area contributed by atoms with E-state index in [9.17, 15) is 81.5 Å². The molecule has 538 valence electrons. The number of esters is 1. The van der Waals surface area contributed by atoms with Crippen LogP contribution in [0.5, 0.6) is 0 Å². The maximum Gasteiger partial charge on any atom is 0.309 e. The van der Waals surface area contributed by atoms with Gasteiger partial charge in [0.15, 0.2) is 23.1 Å². The van der Waals surface area contributed by atoms with E-state index in [0.717, 1.165) is 0 Å². The van der Waals surface area contributed by atoms with E-state index in [0.29, 0.717) is 0 Å². The molecule has 0 aliphatic heterocycles. The third-order valence-corrected chi connectivity index (χ3v) is 16.3. The minimum atomic E-state index is -1.61. The van der Waals surface area contributed by atoms with Gasteiger partial charge in [0.05, 0.1) is 43.9 Å². The Balaban J connectivity index is 7.15. The van der Waals surface area contributed by atoms with E-state index >= 15 is 0 Å². The quantitative estimate of drug-likeness (QED) is 0.0307. The van der Waals surface area contributed by atoms with Crippen molar-refractivity contribution in [1.82, 2.24) is 26.6 Å². The van der Waals surface area contributed by atoms with Gasteiger partial charge in [-0.2, -0.15) is 0 Å². The lowest BCUT2D eigenvalue weighted by molar-refractivity contribution is -0.159. The molecule has 0 radical (unpaired) electrons. The van der Waals surface area contributed by atoms with E-state index in [4.69, 9.17) is 14.2 Å². The molecule has 0 aliphatic carbocycles. The standard InChI is InChI=1S/C70H113N5O20/c1-13-49(76)25-22-46(59(82)17-5)41-53(80)29-32-57(63(86)43-47(60(83)18-6)23-26-50(77)14-2)73-65(88)35-24-48(42-54(81)44-94-40-39-93-38-37-71-64(87)34-21-45(9)69(92)95-70(10,11)12)67(90)75-58(68(91)74-56(62(85)20-8)31-28-52(79)16-4)33-36-66(89)72-55(61(84)19-7)30-27-51(78)15-3/h45-48,55-58H,13-44H2,1-12H3,(H,71,87)(H,72,89)(H,73,88)(H,74,91)(H,75,90). The number of carbonyl (C=O) groups excluding carboxylic acids is 17. The van der Waals surface area contributed by atoms with Crippen molar-refractivity contribution < 1.29 is 95.7 Å². The maximum absolute atomic E-state index is 14.7. The summed E-state index contributed by atoms with van der Waals surface area (Å²) < 4.78 is 16.5. The Labute approximate surface area is 562 Å². The van der Waals surface area contributed by atoms with E-state index in [1.165, 1.54) is 0 Å². The first kappa shape index (κ1) is 88.1. The number of rotatable bonds is 58. The van der Waals surface area contributed by atoms with E-state index < -0.39 is 151 Å². The number of carbonyl (C=O) groups is 17. The Bertz CT molecular complexity index is 2570. The Kier molecular flexibility index (Phi) is 46.0. The molecule has 95 heavy (non-hydrogen) atoms. The molecule has 0 saturated carbocycles. The smallest absolute Gasteiger partial charge is 0.309 e. The van der Waals surface area contributed by atoms with Crippen molar-refractivity contribution in [3.05, 3.63) is 0 Å². The summed E-state index contributed by atoms with van der Waals surface area (Å²) in [6.07, 6.45) is -2.21. The van der Waals surface area contributed by atoms with Crippen LogP contribution in [-0.4, -0.2) is 162 Å². The van der Waals surface area contributed by atoms with Gasteiger partial charge in [-0.15, -0.1) is 0 Å². The van der Waals surface area contributed by atoms with E-state index in [1.54, 1.807) is 83.1 Å². The minimum Gasteiger partial charge on any atom is -0.460 e. The van der Waals surface area contributed by atoms with E-state index in [1.807, 2.05) is 0 Å². The van der Waals surface area contributed by atoms with Crippen LogP contribution in [0.15, 0.2) is 0 Å². The lowest BCUT2D eigenvalue weighted by Gasteiger charge is -2.25. The number of hydrogen-bond donors (Lipinski definition) is 5. The second-order valence-electron chi connectivity index (χ2n) is 25.2. The molecule has 0 aromatic carbocycles. The first-order chi connectivity index (χ1) is 44.8. The van der Waals surface area contributed by atoms with Gasteiger partial charge >= 0.3 is 5.97 Å². The van der Waals surface area contributed by atoms with Gasteiger partial charge in [0.2, 0.25) is 29.5 Å². The molecule has 0 fully saturated rings. The fourth-order valence-electron chi connectivity index (χ4n) is 10.0. The second kappa shape index (κ2) is 49.6. The molecule has 8 unspecified atom stereocenters. The molecule has 0 aliphatic rings. The Morgan fingerprint density at radius 2 is 0.716 bits per heavy atom. The molecule has 0 bridgehead atoms. The largest absolute Gasteiger partial charge is 0.460 e. The number of ketones is 11. The lowest BCUT2D eigenvalue weighted by atomic mass is 9.86. The summed E-state index contributed by atoms with van der Waals surface area (Å²) in [6.45, 7) is 19.4. The van der Waals surface area contributed by atoms with Gasteiger partial charge in [-0.1, -0.05) is 62.3 Å². The fraction of sp³-hybridized carbons (Fsp3) is 0.757. The molecule has 0 saturated heterocycles. The van der Waals surface area contributed by atoms with Crippen LogP contribution in [0.4, 0.5) is 0 Å². The van der Waals surface area contributed by atoms with Gasteiger partial charge in [-0.25, -0.2) is 0 Å². The van der Waals surface area contributed by atoms with Gasteiger partial charge in [0, 0.05) is 146 Å². The highest BCUT2D eigenvalue weighted by Crippen LogP contribution is 2.23. The minimum absolute atomic E-state index is 0.00700. The SMILES string of the molecule is CCC(=O)CCC(CC(=O)CCC(NC(=O)CCC(CC(=O)COCCOCCNC(=O)CCC(C)C(=O)OC(C)(C)C)C(=O)NC(CCC(=O)NC(CCC(=O)CC)C(=O)CC)C(=O)NC(CCC(=O)CC)C(=O)CC)C(=O)CC(CCC(=O)CC)C(=O)CC)C(=O)CC. The molecule has 25 nitrogen and oxygen atoms in total. The van der Waals surface area contributed by atoms with Crippen molar-refractivity contribution in [2.75, 3.05) is 33.0 Å². The van der Waals surface area contributed by atoms with Crippen molar-refractivity contribution in [1.29, 1.82) is 0 Å². The number of nitrogens with one attached hydrogen (secondary N) is 5. The van der Waals surface area contributed by atoms with Crippen LogP contribution in [0.3, 0.4) is 0 Å². The van der Waals surface area contributed by atoms with Crippen LogP contribution in [0, 0.1) is 23.7 Å². The monoisotopic (exact) mass is 1340 g/mol. The molecule has 0 rings (SSSR count). The summed E-state index contributed by atoms with van der Waals surface area (Å²) in [6, 6.07) is -5.24. The topological polar surface area (TPSA) is 378 Å². The summed E-state index contributed by atoms with van der Waals surface area (Å²) in [5, 5.41) is 13.2. The molecule has 5 N–H and O–H groups in total. The number of ether oxygens (including phenoxy) is 3. The molecule has 0 aromatic rings. The zero-order valence-corrected chi connectivity index (χ0v) is 58.9. The maximum atomic E-state index is 14.7. The zero-order chi connectivity index (χ0) is 72.2.